The molecule has 4 aliphatic rings. The Bertz CT molecular complexity index is 1220. The van der Waals surface area contributed by atoms with E-state index in [4.69, 9.17) is 9.47 Å². The molecule has 202 valence electrons. The number of carbonyl (C=O) groups is 3. The summed E-state index contributed by atoms with van der Waals surface area (Å²) in [6.45, 7) is 6.99. The smallest absolute Gasteiger partial charge is 0.303 e. The van der Waals surface area contributed by atoms with Gasteiger partial charge in [-0.05, 0) is 85.3 Å². The molecule has 4 aliphatic carbocycles. The Labute approximate surface area is 225 Å². The summed E-state index contributed by atoms with van der Waals surface area (Å²) in [6, 6.07) is 8.69. The maximum absolute atomic E-state index is 13.8. The summed E-state index contributed by atoms with van der Waals surface area (Å²) in [5, 5.41) is 0. The zero-order valence-electron chi connectivity index (χ0n) is 23.0. The van der Waals surface area contributed by atoms with E-state index in [2.05, 4.69) is 42.7 Å². The summed E-state index contributed by atoms with van der Waals surface area (Å²) < 4.78 is 11.4. The molecule has 2 saturated carbocycles. The zero-order valence-corrected chi connectivity index (χ0v) is 23.0. The number of fused-ring (bicyclic) bond motifs is 4. The van der Waals surface area contributed by atoms with Crippen LogP contribution in [-0.2, 0) is 23.9 Å². The molecule has 0 radical (unpaired) electrons. The summed E-state index contributed by atoms with van der Waals surface area (Å²) >= 11 is 0. The van der Waals surface area contributed by atoms with Crippen LogP contribution in [0.1, 0.15) is 70.3 Å². The number of ether oxygens (including phenoxy) is 2. The third-order valence-corrected chi connectivity index (χ3v) is 9.77. The molecule has 0 bridgehead atoms. The van der Waals surface area contributed by atoms with Gasteiger partial charge in [-0.2, -0.15) is 0 Å². The van der Waals surface area contributed by atoms with E-state index < -0.39 is 17.0 Å². The van der Waals surface area contributed by atoms with Gasteiger partial charge in [-0.3, -0.25) is 14.4 Å². The van der Waals surface area contributed by atoms with Crippen molar-refractivity contribution in [2.24, 2.45) is 17.3 Å². The molecule has 6 nitrogen and oxygen atoms in total. The van der Waals surface area contributed by atoms with Gasteiger partial charge >= 0.3 is 5.97 Å². The Morgan fingerprint density at radius 3 is 2.53 bits per heavy atom. The van der Waals surface area contributed by atoms with Gasteiger partial charge in [0.25, 0.3) is 0 Å². The number of nitrogens with zero attached hydrogens (tertiary/aromatic N) is 1. The number of hydrogen-bond acceptors (Lipinski definition) is 6. The number of Topliss-reactive ketones (excluding diaryl/α,β-unsaturated/α-hetero) is 1. The summed E-state index contributed by atoms with van der Waals surface area (Å²) in [4.78, 5) is 40.7. The molecular formula is C32H39NO5. The molecule has 0 aliphatic heterocycles. The lowest BCUT2D eigenvalue weighted by molar-refractivity contribution is -0.185. The highest BCUT2D eigenvalue weighted by atomic mass is 16.6. The lowest BCUT2D eigenvalue weighted by atomic mass is 9.50. The van der Waals surface area contributed by atoms with Gasteiger partial charge in [-0.15, -0.1) is 0 Å². The van der Waals surface area contributed by atoms with Gasteiger partial charge < -0.3 is 14.4 Å². The molecule has 0 aromatic heterocycles. The standard InChI is InChI=1S/C32H39NO5/c1-6-37-19-29(36)32(38-20(2)34)16-15-28-26-13-9-22-17-24(35)12-14-25(22)30(26)27(18-31(28,32)3)21-7-10-23(11-8-21)33(4)5/h6-8,10-11,17,26-28H,1,9,12-16,18-19H2,2-5H3/t26?,27?,28?,31-,32+/m0/s1. The van der Waals surface area contributed by atoms with Crippen molar-refractivity contribution in [2.75, 3.05) is 25.6 Å². The Kier molecular flexibility index (Phi) is 6.87. The average Bonchev–Trinajstić information content (AvgIpc) is 3.18. The average molecular weight is 518 g/mol. The lowest BCUT2D eigenvalue weighted by Gasteiger charge is -2.55. The summed E-state index contributed by atoms with van der Waals surface area (Å²) in [5.41, 5.74) is 4.56. The number of carbonyl (C=O) groups excluding carboxylic acids is 3. The largest absolute Gasteiger partial charge is 0.494 e. The van der Waals surface area contributed by atoms with Crippen molar-refractivity contribution >= 4 is 23.2 Å². The molecule has 1 aromatic carbocycles. The van der Waals surface area contributed by atoms with E-state index in [0.717, 1.165) is 31.4 Å². The van der Waals surface area contributed by atoms with Gasteiger partial charge in [0.05, 0.1) is 6.26 Å². The van der Waals surface area contributed by atoms with Gasteiger partial charge in [0, 0.05) is 44.5 Å². The second kappa shape index (κ2) is 9.87. The Hall–Kier alpha value is -3.15. The van der Waals surface area contributed by atoms with Crippen LogP contribution in [0.2, 0.25) is 0 Å². The van der Waals surface area contributed by atoms with Gasteiger partial charge in [0.2, 0.25) is 5.78 Å². The van der Waals surface area contributed by atoms with Gasteiger partial charge in [-0.25, -0.2) is 0 Å². The minimum absolute atomic E-state index is 0.0746. The van der Waals surface area contributed by atoms with E-state index in [1.807, 2.05) is 20.2 Å². The van der Waals surface area contributed by atoms with E-state index >= 15 is 0 Å². The molecule has 0 heterocycles. The maximum atomic E-state index is 13.8. The van der Waals surface area contributed by atoms with Crippen LogP contribution in [-0.4, -0.2) is 43.8 Å². The highest BCUT2D eigenvalue weighted by molar-refractivity contribution is 5.93. The Morgan fingerprint density at radius 2 is 1.87 bits per heavy atom. The van der Waals surface area contributed by atoms with Crippen LogP contribution in [0, 0.1) is 17.3 Å². The number of anilines is 1. The number of allylic oxidation sites excluding steroid dienone is 4. The fourth-order valence-corrected chi connectivity index (χ4v) is 8.13. The van der Waals surface area contributed by atoms with E-state index in [1.165, 1.54) is 35.5 Å². The van der Waals surface area contributed by atoms with Gasteiger partial charge in [0.15, 0.2) is 11.4 Å². The van der Waals surface area contributed by atoms with Crippen LogP contribution in [0.3, 0.4) is 0 Å². The second-order valence-electron chi connectivity index (χ2n) is 11.8. The lowest BCUT2D eigenvalue weighted by Crippen LogP contribution is -2.58. The van der Waals surface area contributed by atoms with E-state index in [1.54, 1.807) is 0 Å². The predicted octanol–water partition coefficient (Wildman–Crippen LogP) is 5.68. The van der Waals surface area contributed by atoms with Crippen LogP contribution >= 0.6 is 0 Å². The molecule has 5 rings (SSSR count). The number of esters is 1. The van der Waals surface area contributed by atoms with E-state index in [0.29, 0.717) is 19.3 Å². The van der Waals surface area contributed by atoms with Crippen molar-refractivity contribution in [3.8, 4) is 0 Å². The van der Waals surface area contributed by atoms with Crippen LogP contribution in [0.4, 0.5) is 5.69 Å². The number of benzene rings is 1. The number of hydrogen-bond donors (Lipinski definition) is 0. The third-order valence-electron chi connectivity index (χ3n) is 9.77. The van der Waals surface area contributed by atoms with Crippen LogP contribution in [0.25, 0.3) is 0 Å². The normalized spacial score (nSPS) is 31.9. The van der Waals surface area contributed by atoms with E-state index in [-0.39, 0.29) is 35.9 Å². The molecule has 0 N–H and O–H groups in total. The minimum atomic E-state index is -1.23. The van der Waals surface area contributed by atoms with Crippen molar-refractivity contribution in [1.29, 1.82) is 0 Å². The fraction of sp³-hybridized carbons (Fsp3) is 0.531. The molecule has 0 saturated heterocycles. The highest BCUT2D eigenvalue weighted by Gasteiger charge is 2.68. The first kappa shape index (κ1) is 26.5. The van der Waals surface area contributed by atoms with Gasteiger partial charge in [0.1, 0.15) is 6.61 Å². The van der Waals surface area contributed by atoms with Crippen molar-refractivity contribution in [2.45, 2.75) is 70.3 Å². The second-order valence-corrected chi connectivity index (χ2v) is 11.8. The predicted molar refractivity (Wildman–Crippen MR) is 147 cm³/mol. The van der Waals surface area contributed by atoms with Gasteiger partial charge in [-0.1, -0.05) is 31.2 Å². The SMILES string of the molecule is C=COCC(=O)[C@]1(OC(C)=O)CCC2C3CCC4=CC(=O)CCC4=C3C(c3ccc(N(C)C)cc3)C[C@@]21C. The Balaban J connectivity index is 1.67. The number of ketones is 2. The quantitative estimate of drug-likeness (QED) is 0.342. The minimum Gasteiger partial charge on any atom is -0.494 e. The molecule has 1 aromatic rings. The summed E-state index contributed by atoms with van der Waals surface area (Å²) in [6.07, 6.45) is 8.31. The third kappa shape index (κ3) is 4.13. The maximum Gasteiger partial charge on any atom is 0.303 e. The van der Waals surface area contributed by atoms with Crippen LogP contribution < -0.4 is 4.90 Å². The van der Waals surface area contributed by atoms with Crippen molar-refractivity contribution in [3.05, 3.63) is 65.5 Å². The Morgan fingerprint density at radius 1 is 1.13 bits per heavy atom. The summed E-state index contributed by atoms with van der Waals surface area (Å²) in [5.74, 6) is 0.152. The molecule has 0 amide bonds. The molecule has 6 heteroatoms. The monoisotopic (exact) mass is 517 g/mol. The zero-order chi connectivity index (χ0) is 27.2. The van der Waals surface area contributed by atoms with Crippen molar-refractivity contribution < 1.29 is 23.9 Å². The topological polar surface area (TPSA) is 72.9 Å². The van der Waals surface area contributed by atoms with Crippen LogP contribution in [0.5, 0.6) is 0 Å². The fourth-order valence-electron chi connectivity index (χ4n) is 8.13. The number of rotatable bonds is 7. The van der Waals surface area contributed by atoms with Crippen molar-refractivity contribution in [1.82, 2.24) is 0 Å². The molecule has 3 unspecified atom stereocenters. The van der Waals surface area contributed by atoms with E-state index in [9.17, 15) is 14.4 Å². The first-order valence-electron chi connectivity index (χ1n) is 13.8. The first-order valence-corrected chi connectivity index (χ1v) is 13.8. The molecular weight excluding hydrogens is 478 g/mol. The molecule has 5 atom stereocenters. The molecule has 0 spiro atoms. The summed E-state index contributed by atoms with van der Waals surface area (Å²) in [7, 11) is 4.06. The molecule has 38 heavy (non-hydrogen) atoms. The van der Waals surface area contributed by atoms with Crippen molar-refractivity contribution in [3.63, 3.8) is 0 Å². The van der Waals surface area contributed by atoms with Crippen LogP contribution in [0.15, 0.2) is 59.9 Å². The first-order chi connectivity index (χ1) is 18.1. The molecule has 2 fully saturated rings. The highest BCUT2D eigenvalue weighted by Crippen LogP contribution is 2.67.